The van der Waals surface area contributed by atoms with Gasteiger partial charge in [-0.15, -0.1) is 0 Å². The Morgan fingerprint density at radius 2 is 1.00 bits per heavy atom. The molecule has 9 nitrogen and oxygen atoms in total. The number of hydrogen-bond donors (Lipinski definition) is 2. The van der Waals surface area contributed by atoms with Crippen LogP contribution in [0.15, 0.2) is 103 Å². The largest absolute Gasteiger partial charge is 0.460 e. The van der Waals surface area contributed by atoms with Crippen LogP contribution in [0.25, 0.3) is 0 Å². The van der Waals surface area contributed by atoms with Crippen LogP contribution in [0.1, 0.15) is 52.8 Å². The van der Waals surface area contributed by atoms with Gasteiger partial charge in [-0.1, -0.05) is 72.8 Å². The first-order valence-corrected chi connectivity index (χ1v) is 13.6. The predicted molar refractivity (Wildman–Crippen MR) is 154 cm³/mol. The van der Waals surface area contributed by atoms with Crippen molar-refractivity contribution >= 4 is 23.8 Å². The number of aromatic nitrogens is 1. The van der Waals surface area contributed by atoms with E-state index in [4.69, 9.17) is 9.47 Å². The zero-order valence-corrected chi connectivity index (χ0v) is 22.7. The van der Waals surface area contributed by atoms with Crippen LogP contribution in [0.4, 0.5) is 0 Å². The van der Waals surface area contributed by atoms with Gasteiger partial charge in [0.05, 0.1) is 23.2 Å². The number of pyridine rings is 1. The van der Waals surface area contributed by atoms with E-state index in [1.165, 1.54) is 30.3 Å². The van der Waals surface area contributed by atoms with Gasteiger partial charge in [-0.25, -0.2) is 14.6 Å². The number of nitrogens with zero attached hydrogens (tertiary/aromatic N) is 1. The van der Waals surface area contributed by atoms with Crippen molar-refractivity contribution in [2.75, 3.05) is 13.2 Å². The molecule has 1 aromatic heterocycles. The van der Waals surface area contributed by atoms with Crippen molar-refractivity contribution in [1.82, 2.24) is 15.6 Å². The molecule has 2 heterocycles. The molecule has 0 spiro atoms. The topological polar surface area (TPSA) is 124 Å². The van der Waals surface area contributed by atoms with E-state index in [9.17, 15) is 19.2 Å². The highest BCUT2D eigenvalue weighted by Gasteiger charge is 2.23. The van der Waals surface area contributed by atoms with Crippen molar-refractivity contribution in [2.45, 2.75) is 24.9 Å². The molecule has 0 aliphatic carbocycles. The molecular formula is C33H29N3O6. The zero-order valence-electron chi connectivity index (χ0n) is 22.7. The number of rotatable bonds is 4. The zero-order chi connectivity index (χ0) is 29.3. The number of carbonyl (C=O) groups excluding carboxylic acids is 4. The molecule has 1 aliphatic heterocycles. The van der Waals surface area contributed by atoms with E-state index in [0.717, 1.165) is 11.1 Å². The number of ether oxygens (including phenoxy) is 2. The van der Waals surface area contributed by atoms with Gasteiger partial charge in [0.25, 0.3) is 11.8 Å². The van der Waals surface area contributed by atoms with Gasteiger partial charge in [0, 0.05) is 0 Å². The molecule has 4 bridgehead atoms. The van der Waals surface area contributed by atoms with E-state index in [2.05, 4.69) is 15.6 Å². The molecule has 5 rings (SSSR count). The Kier molecular flexibility index (Phi) is 8.98. The van der Waals surface area contributed by atoms with Gasteiger partial charge >= 0.3 is 11.9 Å². The van der Waals surface area contributed by atoms with Crippen LogP contribution >= 0.6 is 0 Å². The number of hydrogen-bond acceptors (Lipinski definition) is 7. The Bertz CT molecular complexity index is 1470. The van der Waals surface area contributed by atoms with Crippen molar-refractivity contribution in [3.63, 3.8) is 0 Å². The van der Waals surface area contributed by atoms with Gasteiger partial charge in [0.1, 0.15) is 24.6 Å². The molecule has 0 unspecified atom stereocenters. The van der Waals surface area contributed by atoms with E-state index in [1.54, 1.807) is 12.1 Å². The van der Waals surface area contributed by atoms with Crippen LogP contribution in [0.5, 0.6) is 0 Å². The molecule has 0 radical (unpaired) electrons. The van der Waals surface area contributed by atoms with Gasteiger partial charge in [-0.3, -0.25) is 9.59 Å². The molecule has 2 amide bonds. The van der Waals surface area contributed by atoms with Crippen LogP contribution in [0.3, 0.4) is 0 Å². The number of fused-ring (bicyclic) bond motifs is 4. The molecule has 42 heavy (non-hydrogen) atoms. The van der Waals surface area contributed by atoms with Gasteiger partial charge in [-0.05, 0) is 54.3 Å². The van der Waals surface area contributed by atoms with Crippen molar-refractivity contribution in [3.8, 4) is 0 Å². The number of amides is 2. The lowest BCUT2D eigenvalue weighted by Gasteiger charge is -2.20. The van der Waals surface area contributed by atoms with Crippen molar-refractivity contribution < 1.29 is 28.7 Å². The van der Waals surface area contributed by atoms with Crippen LogP contribution in [0.2, 0.25) is 0 Å². The fourth-order valence-corrected chi connectivity index (χ4v) is 4.60. The average Bonchev–Trinajstić information content (AvgIpc) is 3.02. The Balaban J connectivity index is 1.45. The van der Waals surface area contributed by atoms with Crippen LogP contribution in [-0.4, -0.2) is 54.0 Å². The third-order valence-corrected chi connectivity index (χ3v) is 6.70. The van der Waals surface area contributed by atoms with Gasteiger partial charge in [0.15, 0.2) is 0 Å². The minimum Gasteiger partial charge on any atom is -0.460 e. The lowest BCUT2D eigenvalue weighted by molar-refractivity contribution is 0.0450. The summed E-state index contributed by atoms with van der Waals surface area (Å²) >= 11 is 0. The van der Waals surface area contributed by atoms with E-state index >= 15 is 0 Å². The number of nitrogens with one attached hydrogen (secondary N) is 2. The van der Waals surface area contributed by atoms with E-state index < -0.39 is 35.8 Å². The third-order valence-electron chi connectivity index (χ3n) is 6.70. The highest BCUT2D eigenvalue weighted by atomic mass is 16.5. The monoisotopic (exact) mass is 563 g/mol. The number of carbonyl (C=O) groups is 4. The summed E-state index contributed by atoms with van der Waals surface area (Å²) < 4.78 is 11.1. The van der Waals surface area contributed by atoms with Crippen LogP contribution in [0, 0.1) is 0 Å². The summed E-state index contributed by atoms with van der Waals surface area (Å²) in [5.74, 6) is -2.32. The van der Waals surface area contributed by atoms with E-state index in [0.29, 0.717) is 12.8 Å². The average molecular weight is 564 g/mol. The highest BCUT2D eigenvalue weighted by molar-refractivity contribution is 5.97. The highest BCUT2D eigenvalue weighted by Crippen LogP contribution is 2.13. The Labute approximate surface area is 242 Å². The number of benzene rings is 3. The summed E-state index contributed by atoms with van der Waals surface area (Å²) in [6.07, 6.45) is 0.765. The summed E-state index contributed by atoms with van der Waals surface area (Å²) in [6.45, 7) is -0.259. The molecule has 0 fully saturated rings. The first kappa shape index (κ1) is 28.2. The third kappa shape index (κ3) is 7.45. The van der Waals surface area contributed by atoms with Gasteiger partial charge in [0.2, 0.25) is 0 Å². The van der Waals surface area contributed by atoms with E-state index in [1.807, 2.05) is 60.7 Å². The molecule has 4 aromatic rings. The second-order valence-corrected chi connectivity index (χ2v) is 9.91. The SMILES string of the molecule is O=C1OC[C@H](Cc2ccccc2)NC(=O)c2cccc(n2)C(=O)N[C@@H](Cc2ccccc2)COC(=O)c2cccc1c2. The molecule has 212 valence electrons. The predicted octanol–water partition coefficient (Wildman–Crippen LogP) is 3.79. The quantitative estimate of drug-likeness (QED) is 0.362. The summed E-state index contributed by atoms with van der Waals surface area (Å²) in [7, 11) is 0. The first-order valence-electron chi connectivity index (χ1n) is 13.6. The molecule has 2 atom stereocenters. The Morgan fingerprint density at radius 1 is 0.571 bits per heavy atom. The van der Waals surface area contributed by atoms with Crippen molar-refractivity contribution in [2.24, 2.45) is 0 Å². The van der Waals surface area contributed by atoms with Crippen LogP contribution < -0.4 is 10.6 Å². The maximum atomic E-state index is 13.2. The standard InChI is InChI=1S/C33H29N3O6/c37-30-28-15-8-16-29(36-28)31(38)35-27(18-23-11-5-2-6-12-23)21-42-33(40)25-14-7-13-24(19-25)32(39)41-20-26(34-30)17-22-9-3-1-4-10-22/h1-16,19,26-27H,17-18,20-21H2,(H,34,37)(H,35,38)/t26-,27-/m0/s1. The van der Waals surface area contributed by atoms with Crippen molar-refractivity contribution in [3.05, 3.63) is 137 Å². The maximum Gasteiger partial charge on any atom is 0.338 e. The summed E-state index contributed by atoms with van der Waals surface area (Å²) in [6, 6.07) is 28.3. The summed E-state index contributed by atoms with van der Waals surface area (Å²) in [5, 5.41) is 5.77. The second kappa shape index (κ2) is 13.4. The molecule has 0 saturated carbocycles. The molecule has 3 aromatic carbocycles. The van der Waals surface area contributed by atoms with Gasteiger partial charge < -0.3 is 20.1 Å². The normalized spacial score (nSPS) is 18.0. The number of cyclic esters (lactones) is 2. The van der Waals surface area contributed by atoms with Crippen molar-refractivity contribution in [1.29, 1.82) is 0 Å². The smallest absolute Gasteiger partial charge is 0.338 e. The number of esters is 2. The second-order valence-electron chi connectivity index (χ2n) is 9.91. The minimum atomic E-state index is -0.646. The molecular weight excluding hydrogens is 534 g/mol. The summed E-state index contributed by atoms with van der Waals surface area (Å²) in [4.78, 5) is 56.7. The van der Waals surface area contributed by atoms with Crippen LogP contribution in [-0.2, 0) is 22.3 Å². The minimum absolute atomic E-state index is 0.0342. The van der Waals surface area contributed by atoms with E-state index in [-0.39, 0.29) is 35.7 Å². The van der Waals surface area contributed by atoms with Gasteiger partial charge in [-0.2, -0.15) is 0 Å². The molecule has 9 heteroatoms. The molecule has 2 N–H and O–H groups in total. The maximum absolute atomic E-state index is 13.2. The fourth-order valence-electron chi connectivity index (χ4n) is 4.60. The molecule has 0 saturated heterocycles. The lowest BCUT2D eigenvalue weighted by atomic mass is 10.1. The summed E-state index contributed by atoms with van der Waals surface area (Å²) in [5.41, 5.74) is 2.25. The molecule has 1 aliphatic rings. The fraction of sp³-hybridized carbons (Fsp3) is 0.182. The Hall–Kier alpha value is -5.31. The first-order chi connectivity index (χ1) is 20.4. The Morgan fingerprint density at radius 3 is 1.45 bits per heavy atom. The lowest BCUT2D eigenvalue weighted by Crippen LogP contribution is -2.42.